The highest BCUT2D eigenvalue weighted by molar-refractivity contribution is 6.21. The van der Waals surface area contributed by atoms with Gasteiger partial charge < -0.3 is 4.74 Å². The highest BCUT2D eigenvalue weighted by atomic mass is 35.5. The Kier molecular flexibility index (Phi) is 4.05. The fourth-order valence-electron chi connectivity index (χ4n) is 2.44. The maximum atomic E-state index is 12.3. The predicted molar refractivity (Wildman–Crippen MR) is 64.0 cm³/mol. The summed E-state index contributed by atoms with van der Waals surface area (Å²) in [5, 5.41) is -0.114. The molecule has 5 heteroatoms. The summed E-state index contributed by atoms with van der Waals surface area (Å²) in [4.78, 5) is 0. The molecule has 1 aromatic carbocycles. The molecule has 1 aliphatic rings. The van der Waals surface area contributed by atoms with E-state index in [0.717, 1.165) is 25.7 Å². The molecule has 1 aliphatic carbocycles. The lowest BCUT2D eigenvalue weighted by Crippen LogP contribution is -2.22. The van der Waals surface area contributed by atoms with Crippen molar-refractivity contribution in [2.45, 2.75) is 43.3 Å². The molecule has 0 aliphatic heterocycles. The van der Waals surface area contributed by atoms with Crippen LogP contribution < -0.4 is 4.74 Å². The summed E-state index contributed by atoms with van der Waals surface area (Å²) in [5.41, 5.74) is 0.564. The van der Waals surface area contributed by atoms with Crippen LogP contribution in [0.3, 0.4) is 0 Å². The molecule has 18 heavy (non-hydrogen) atoms. The molecule has 0 heterocycles. The highest BCUT2D eigenvalue weighted by Gasteiger charge is 2.34. The van der Waals surface area contributed by atoms with Gasteiger partial charge in [-0.25, -0.2) is 0 Å². The van der Waals surface area contributed by atoms with Crippen molar-refractivity contribution in [2.75, 3.05) is 0 Å². The number of alkyl halides is 4. The lowest BCUT2D eigenvalue weighted by molar-refractivity contribution is -0.275. The average Bonchev–Trinajstić information content (AvgIpc) is 2.29. The molecule has 2 rings (SSSR count). The van der Waals surface area contributed by atoms with Crippen LogP contribution in [0.2, 0.25) is 0 Å². The van der Waals surface area contributed by atoms with Gasteiger partial charge in [-0.3, -0.25) is 0 Å². The summed E-state index contributed by atoms with van der Waals surface area (Å²) >= 11 is 6.22. The third-order valence-electron chi connectivity index (χ3n) is 3.23. The van der Waals surface area contributed by atoms with Crippen molar-refractivity contribution in [2.24, 2.45) is 0 Å². The maximum Gasteiger partial charge on any atom is 0.573 e. The number of rotatable bonds is 2. The normalized spacial score (nSPS) is 24.9. The Morgan fingerprint density at radius 2 is 1.78 bits per heavy atom. The average molecular weight is 279 g/mol. The first-order valence-corrected chi connectivity index (χ1v) is 6.40. The minimum atomic E-state index is -4.66. The van der Waals surface area contributed by atoms with Crippen molar-refractivity contribution in [3.05, 3.63) is 29.8 Å². The van der Waals surface area contributed by atoms with Crippen LogP contribution in [0.5, 0.6) is 5.75 Å². The Labute approximate surface area is 109 Å². The third-order valence-corrected chi connectivity index (χ3v) is 3.75. The van der Waals surface area contributed by atoms with Crippen molar-refractivity contribution >= 4 is 11.6 Å². The van der Waals surface area contributed by atoms with Crippen molar-refractivity contribution in [3.63, 3.8) is 0 Å². The number of benzene rings is 1. The topological polar surface area (TPSA) is 9.23 Å². The first kappa shape index (κ1) is 13.5. The Morgan fingerprint density at radius 3 is 2.44 bits per heavy atom. The van der Waals surface area contributed by atoms with Gasteiger partial charge in [0.1, 0.15) is 5.75 Å². The zero-order valence-corrected chi connectivity index (χ0v) is 10.5. The molecule has 1 nitrogen and oxygen atoms in total. The maximum absolute atomic E-state index is 12.3. The molecule has 0 N–H and O–H groups in total. The van der Waals surface area contributed by atoms with E-state index in [0.29, 0.717) is 5.56 Å². The summed E-state index contributed by atoms with van der Waals surface area (Å²) in [7, 11) is 0. The number of ether oxygens (including phenoxy) is 1. The smallest absolute Gasteiger partial charge is 0.405 e. The Balaban J connectivity index is 2.26. The zero-order chi connectivity index (χ0) is 13.2. The molecule has 0 saturated heterocycles. The summed E-state index contributed by atoms with van der Waals surface area (Å²) in [5.74, 6) is -0.179. The molecule has 0 radical (unpaired) electrons. The van der Waals surface area contributed by atoms with Crippen molar-refractivity contribution < 1.29 is 17.9 Å². The van der Waals surface area contributed by atoms with E-state index in [1.54, 1.807) is 12.1 Å². The molecule has 0 amide bonds. The van der Waals surface area contributed by atoms with Gasteiger partial charge in [0.15, 0.2) is 0 Å². The lowest BCUT2D eigenvalue weighted by atomic mass is 9.83. The van der Waals surface area contributed by atoms with E-state index in [1.807, 2.05) is 0 Å². The van der Waals surface area contributed by atoms with E-state index < -0.39 is 6.36 Å². The quantitative estimate of drug-likeness (QED) is 0.703. The van der Waals surface area contributed by atoms with Crippen molar-refractivity contribution in [3.8, 4) is 5.75 Å². The van der Waals surface area contributed by atoms with Gasteiger partial charge in [-0.15, -0.1) is 24.8 Å². The number of hydrogen-bond acceptors (Lipinski definition) is 1. The molecule has 1 saturated carbocycles. The second-order valence-electron chi connectivity index (χ2n) is 4.49. The van der Waals surface area contributed by atoms with E-state index in [-0.39, 0.29) is 17.0 Å². The monoisotopic (exact) mass is 278 g/mol. The van der Waals surface area contributed by atoms with Gasteiger partial charge >= 0.3 is 6.36 Å². The van der Waals surface area contributed by atoms with Crippen LogP contribution in [0.25, 0.3) is 0 Å². The van der Waals surface area contributed by atoms with Crippen LogP contribution in [-0.4, -0.2) is 11.7 Å². The molecule has 2 atom stereocenters. The predicted octanol–water partition coefficient (Wildman–Crippen LogP) is 4.85. The van der Waals surface area contributed by atoms with Gasteiger partial charge in [0, 0.05) is 11.3 Å². The molecule has 2 unspecified atom stereocenters. The van der Waals surface area contributed by atoms with E-state index in [1.165, 1.54) is 12.1 Å². The van der Waals surface area contributed by atoms with Crippen molar-refractivity contribution in [1.82, 2.24) is 0 Å². The van der Waals surface area contributed by atoms with Crippen LogP contribution in [-0.2, 0) is 0 Å². The van der Waals surface area contributed by atoms with Crippen LogP contribution in [0.4, 0.5) is 13.2 Å². The highest BCUT2D eigenvalue weighted by Crippen LogP contribution is 2.41. The number of halogens is 4. The number of para-hydroxylation sites is 1. The molecule has 1 fully saturated rings. The van der Waals surface area contributed by atoms with Gasteiger partial charge in [0.25, 0.3) is 0 Å². The van der Waals surface area contributed by atoms with Gasteiger partial charge in [-0.2, -0.15) is 0 Å². The van der Waals surface area contributed by atoms with Gasteiger partial charge in [0.05, 0.1) is 0 Å². The zero-order valence-electron chi connectivity index (χ0n) is 9.71. The van der Waals surface area contributed by atoms with Crippen LogP contribution in [0.15, 0.2) is 24.3 Å². The SMILES string of the molecule is FC(F)(F)Oc1ccccc1C1CCCCC1Cl. The van der Waals surface area contributed by atoms with E-state index in [9.17, 15) is 13.2 Å². The van der Waals surface area contributed by atoms with Crippen LogP contribution in [0, 0.1) is 0 Å². The van der Waals surface area contributed by atoms with E-state index in [4.69, 9.17) is 11.6 Å². The minimum absolute atomic E-state index is 0.0565. The lowest BCUT2D eigenvalue weighted by Gasteiger charge is -2.28. The Morgan fingerprint density at radius 1 is 1.11 bits per heavy atom. The molecule has 100 valence electrons. The summed E-state index contributed by atoms with van der Waals surface area (Å²) < 4.78 is 41.1. The van der Waals surface area contributed by atoms with Crippen LogP contribution in [0.1, 0.15) is 37.2 Å². The molecule has 0 spiro atoms. The molecule has 1 aromatic rings. The first-order chi connectivity index (χ1) is 8.47. The first-order valence-electron chi connectivity index (χ1n) is 5.96. The van der Waals surface area contributed by atoms with Gasteiger partial charge in [-0.1, -0.05) is 31.0 Å². The van der Waals surface area contributed by atoms with Gasteiger partial charge in [-0.05, 0) is 24.5 Å². The molecular weight excluding hydrogens is 265 g/mol. The fourth-order valence-corrected chi connectivity index (χ4v) is 2.86. The van der Waals surface area contributed by atoms with Crippen LogP contribution >= 0.6 is 11.6 Å². The van der Waals surface area contributed by atoms with E-state index in [2.05, 4.69) is 4.74 Å². The van der Waals surface area contributed by atoms with E-state index >= 15 is 0 Å². The Bertz CT molecular complexity index is 405. The van der Waals surface area contributed by atoms with Gasteiger partial charge in [0.2, 0.25) is 0 Å². The molecule has 0 aromatic heterocycles. The summed E-state index contributed by atoms with van der Waals surface area (Å²) in [6.45, 7) is 0. The summed E-state index contributed by atoms with van der Waals surface area (Å²) in [6, 6.07) is 6.28. The molecule has 0 bridgehead atoms. The fraction of sp³-hybridized carbons (Fsp3) is 0.538. The minimum Gasteiger partial charge on any atom is -0.405 e. The number of hydrogen-bond donors (Lipinski definition) is 0. The largest absolute Gasteiger partial charge is 0.573 e. The third kappa shape index (κ3) is 3.31. The second-order valence-corrected chi connectivity index (χ2v) is 5.05. The standard InChI is InChI=1S/C13H14ClF3O/c14-11-7-3-1-5-9(11)10-6-2-4-8-12(10)18-13(15,16)17/h2,4,6,8-9,11H,1,3,5,7H2. The Hall–Kier alpha value is -0.900. The summed E-state index contributed by atoms with van der Waals surface area (Å²) in [6.07, 6.45) is -0.979. The second kappa shape index (κ2) is 5.39. The van der Waals surface area contributed by atoms with Crippen molar-refractivity contribution in [1.29, 1.82) is 0 Å². The molecular formula is C13H14ClF3O.